The van der Waals surface area contributed by atoms with Crippen LogP contribution in [0.2, 0.25) is 0 Å². The molecule has 1 aliphatic carbocycles. The van der Waals surface area contributed by atoms with Gasteiger partial charge in [0.2, 0.25) is 5.75 Å². The van der Waals surface area contributed by atoms with Crippen molar-refractivity contribution in [1.82, 2.24) is 24.7 Å². The molecule has 2 aliphatic heterocycles. The number of benzene rings is 1. The highest BCUT2D eigenvalue weighted by molar-refractivity contribution is 6.34. The zero-order valence-corrected chi connectivity index (χ0v) is 22.3. The minimum absolute atomic E-state index is 0.0146. The summed E-state index contributed by atoms with van der Waals surface area (Å²) in [5, 5.41) is 22.9. The first-order valence-electron chi connectivity index (χ1n) is 12.6. The van der Waals surface area contributed by atoms with E-state index in [0.29, 0.717) is 30.4 Å². The number of aromatic nitrogens is 2. The molecule has 2 bridgehead atoms. The van der Waals surface area contributed by atoms with Gasteiger partial charge < -0.3 is 20.2 Å². The van der Waals surface area contributed by atoms with Crippen LogP contribution in [0.25, 0.3) is 0 Å². The molecule has 3 amide bonds. The van der Waals surface area contributed by atoms with Crippen LogP contribution in [0.4, 0.5) is 4.39 Å². The van der Waals surface area contributed by atoms with Crippen LogP contribution in [0, 0.1) is 29.5 Å². The summed E-state index contributed by atoms with van der Waals surface area (Å²) >= 11 is 0. The first kappa shape index (κ1) is 27.8. The molecule has 2 N–H and O–H groups in total. The number of rotatable bonds is 5. The lowest BCUT2D eigenvalue weighted by Gasteiger charge is -2.43. The number of nitrogens with zero attached hydrogens (tertiary/aromatic N) is 5. The number of aryl methyl sites for hydroxylation is 1. The molecule has 0 radical (unpaired) electrons. The molecule has 3 unspecified atom stereocenters. The van der Waals surface area contributed by atoms with Gasteiger partial charge in [0, 0.05) is 58.0 Å². The molecule has 206 valence electrons. The Kier molecular flexibility index (Phi) is 7.46. The molecule has 5 rings (SSSR count). The molecular formula is C27H31FN6O5. The fraction of sp³-hybridized carbons (Fsp3) is 0.481. The third-order valence-corrected chi connectivity index (χ3v) is 7.84. The molecule has 1 aromatic heterocycles. The SMILES string of the molecule is Cc1cc(CNC(=O)c2nc3n(c(=O)c2O)CC2(CC#N)CCC3C(N(C)C(=O)C(=O)N(C)C)C2)ccc1F. The minimum Gasteiger partial charge on any atom is -0.501 e. The molecule has 3 aliphatic rings. The third kappa shape index (κ3) is 5.08. The first-order valence-corrected chi connectivity index (χ1v) is 12.6. The Balaban J connectivity index is 1.73. The molecule has 1 saturated carbocycles. The largest absolute Gasteiger partial charge is 0.501 e. The molecule has 12 heteroatoms. The predicted molar refractivity (Wildman–Crippen MR) is 137 cm³/mol. The second kappa shape index (κ2) is 10.5. The van der Waals surface area contributed by atoms with Crippen molar-refractivity contribution in [2.75, 3.05) is 21.1 Å². The highest BCUT2D eigenvalue weighted by atomic mass is 19.1. The molecule has 0 spiro atoms. The van der Waals surface area contributed by atoms with Crippen molar-refractivity contribution >= 4 is 17.7 Å². The summed E-state index contributed by atoms with van der Waals surface area (Å²) in [6, 6.07) is 6.00. The van der Waals surface area contributed by atoms with Crippen molar-refractivity contribution in [3.05, 3.63) is 57.0 Å². The number of carbonyl (C=O) groups excluding carboxylic acids is 3. The molecule has 39 heavy (non-hydrogen) atoms. The maximum atomic E-state index is 13.6. The van der Waals surface area contributed by atoms with Gasteiger partial charge >= 0.3 is 11.8 Å². The summed E-state index contributed by atoms with van der Waals surface area (Å²) in [4.78, 5) is 58.8. The second-order valence-corrected chi connectivity index (χ2v) is 10.7. The average molecular weight is 539 g/mol. The van der Waals surface area contributed by atoms with Crippen LogP contribution in [-0.2, 0) is 22.7 Å². The Morgan fingerprint density at radius 2 is 2.00 bits per heavy atom. The fourth-order valence-corrected chi connectivity index (χ4v) is 5.64. The van der Waals surface area contributed by atoms with Crippen LogP contribution in [0.5, 0.6) is 5.75 Å². The minimum atomic E-state index is -0.816. The zero-order chi connectivity index (χ0) is 28.6. The lowest BCUT2D eigenvalue weighted by atomic mass is 9.67. The Bertz CT molecular complexity index is 1450. The van der Waals surface area contributed by atoms with Gasteiger partial charge in [-0.2, -0.15) is 5.26 Å². The van der Waals surface area contributed by atoms with Gasteiger partial charge in [0.15, 0.2) is 5.69 Å². The molecule has 11 nitrogen and oxygen atoms in total. The monoisotopic (exact) mass is 538 g/mol. The Morgan fingerprint density at radius 3 is 2.64 bits per heavy atom. The number of likely N-dealkylation sites (N-methyl/N-ethyl adjacent to an activating group) is 2. The standard InChI is InChI=1S/C27H31FN6O5/c1-15-11-16(5-6-18(15)28)13-30-23(36)20-21(35)24(37)34-14-27(9-10-29)8-7-17(22(34)31-20)19(12-27)33(4)26(39)25(38)32(2)3/h5-6,11,17,19,35H,7-9,12-14H2,1-4H3,(H,30,36). The van der Waals surface area contributed by atoms with E-state index in [-0.39, 0.29) is 31.2 Å². The van der Waals surface area contributed by atoms with Gasteiger partial charge in [-0.3, -0.25) is 23.7 Å². The van der Waals surface area contributed by atoms with E-state index in [1.54, 1.807) is 13.0 Å². The summed E-state index contributed by atoms with van der Waals surface area (Å²) < 4.78 is 14.9. The van der Waals surface area contributed by atoms with Gasteiger partial charge in [0.25, 0.3) is 11.5 Å². The van der Waals surface area contributed by atoms with Crippen molar-refractivity contribution in [1.29, 1.82) is 5.26 Å². The summed E-state index contributed by atoms with van der Waals surface area (Å²) in [5.74, 6) is -3.71. The van der Waals surface area contributed by atoms with Crippen LogP contribution in [-0.4, -0.2) is 69.4 Å². The number of amides is 3. The smallest absolute Gasteiger partial charge is 0.312 e. The number of hydrogen-bond donors (Lipinski definition) is 2. The van der Waals surface area contributed by atoms with E-state index in [1.165, 1.54) is 47.6 Å². The topological polar surface area (TPSA) is 149 Å². The Hall–Kier alpha value is -4.27. The summed E-state index contributed by atoms with van der Waals surface area (Å²) in [7, 11) is 4.46. The molecule has 1 aromatic carbocycles. The lowest BCUT2D eigenvalue weighted by molar-refractivity contribution is -0.151. The van der Waals surface area contributed by atoms with Gasteiger partial charge in [0.05, 0.1) is 6.07 Å². The predicted octanol–water partition coefficient (Wildman–Crippen LogP) is 1.42. The Labute approximate surface area is 224 Å². The van der Waals surface area contributed by atoms with E-state index in [9.17, 15) is 33.9 Å². The summed E-state index contributed by atoms with van der Waals surface area (Å²) in [6.45, 7) is 1.70. The van der Waals surface area contributed by atoms with E-state index >= 15 is 0 Å². The van der Waals surface area contributed by atoms with Crippen LogP contribution in [0.1, 0.15) is 59.0 Å². The van der Waals surface area contributed by atoms with Crippen LogP contribution < -0.4 is 10.9 Å². The first-order chi connectivity index (χ1) is 18.4. The fourth-order valence-electron chi connectivity index (χ4n) is 5.64. The van der Waals surface area contributed by atoms with E-state index < -0.39 is 52.1 Å². The highest BCUT2D eigenvalue weighted by Crippen LogP contribution is 2.50. The van der Waals surface area contributed by atoms with Crippen molar-refractivity contribution in [3.63, 3.8) is 0 Å². The quantitative estimate of drug-likeness (QED) is 0.547. The van der Waals surface area contributed by atoms with Crippen molar-refractivity contribution in [2.45, 2.75) is 57.7 Å². The van der Waals surface area contributed by atoms with Crippen molar-refractivity contribution in [2.24, 2.45) is 5.41 Å². The number of halogens is 1. The van der Waals surface area contributed by atoms with E-state index in [2.05, 4.69) is 16.4 Å². The zero-order valence-electron chi connectivity index (χ0n) is 22.3. The van der Waals surface area contributed by atoms with Gasteiger partial charge in [-0.15, -0.1) is 0 Å². The summed E-state index contributed by atoms with van der Waals surface area (Å²) in [6.07, 6.45) is 1.49. The molecule has 1 fully saturated rings. The number of aromatic hydroxyl groups is 1. The summed E-state index contributed by atoms with van der Waals surface area (Å²) in [5.41, 5.74) is -0.918. The molecule has 3 heterocycles. The lowest BCUT2D eigenvalue weighted by Crippen LogP contribution is -2.50. The van der Waals surface area contributed by atoms with Crippen LogP contribution in [0.3, 0.4) is 0 Å². The van der Waals surface area contributed by atoms with Gasteiger partial charge in [-0.1, -0.05) is 12.1 Å². The molecule has 3 atom stereocenters. The van der Waals surface area contributed by atoms with Gasteiger partial charge in [-0.05, 0) is 43.4 Å². The normalized spacial score (nSPS) is 21.3. The highest BCUT2D eigenvalue weighted by Gasteiger charge is 2.50. The van der Waals surface area contributed by atoms with Crippen molar-refractivity contribution in [3.8, 4) is 11.8 Å². The molecule has 2 aromatic rings. The Morgan fingerprint density at radius 1 is 1.28 bits per heavy atom. The van der Waals surface area contributed by atoms with Gasteiger partial charge in [0.1, 0.15) is 11.6 Å². The number of nitrogens with one attached hydrogen (secondary N) is 1. The maximum absolute atomic E-state index is 13.6. The van der Waals surface area contributed by atoms with Crippen LogP contribution >= 0.6 is 0 Å². The number of fused-ring (bicyclic) bond motifs is 2. The second-order valence-electron chi connectivity index (χ2n) is 10.7. The number of nitriles is 1. The average Bonchev–Trinajstić information content (AvgIpc) is 3.14. The molecular weight excluding hydrogens is 507 g/mol. The van der Waals surface area contributed by atoms with E-state index in [4.69, 9.17) is 0 Å². The number of hydrogen-bond acceptors (Lipinski definition) is 7. The third-order valence-electron chi connectivity index (χ3n) is 7.84. The molecule has 0 saturated heterocycles. The van der Waals surface area contributed by atoms with Crippen LogP contribution in [0.15, 0.2) is 23.0 Å². The van der Waals surface area contributed by atoms with E-state index in [1.807, 2.05) is 0 Å². The van der Waals surface area contributed by atoms with Gasteiger partial charge in [-0.25, -0.2) is 9.37 Å². The van der Waals surface area contributed by atoms with E-state index in [0.717, 1.165) is 0 Å². The van der Waals surface area contributed by atoms with Crippen molar-refractivity contribution < 1.29 is 23.9 Å². The maximum Gasteiger partial charge on any atom is 0.312 e. The number of carbonyl (C=O) groups is 3.